The number of rotatable bonds is 34. The molecule has 0 aliphatic heterocycles. The molecule has 0 atom stereocenters. The molecule has 0 radical (unpaired) electrons. The third-order valence-electron chi connectivity index (χ3n) is 8.90. The van der Waals surface area contributed by atoms with Gasteiger partial charge in [-0.2, -0.15) is 0 Å². The first-order chi connectivity index (χ1) is 19.7. The third kappa shape index (κ3) is 35.7. The number of nitrogens with two attached hydrogens (primary N) is 1. The zero-order valence-electron chi connectivity index (χ0n) is 28.5. The van der Waals surface area contributed by atoms with Crippen molar-refractivity contribution < 1.29 is 0 Å². The van der Waals surface area contributed by atoms with E-state index in [0.29, 0.717) is 0 Å². The third-order valence-corrected chi connectivity index (χ3v) is 8.90. The highest BCUT2D eigenvalue weighted by Crippen LogP contribution is 2.15. The van der Waals surface area contributed by atoms with E-state index in [4.69, 9.17) is 11.1 Å². The Balaban J connectivity index is 0. The number of nitrogens with zero attached hydrogens (tertiary/aromatic N) is 1. The quantitative estimate of drug-likeness (QED) is 0.0439. The molecule has 0 rings (SSSR count). The molecule has 0 heterocycles. The smallest absolute Gasteiger partial charge is 0.188 e. The van der Waals surface area contributed by atoms with Gasteiger partial charge in [-0.3, -0.25) is 5.41 Å². The Kier molecular flexibility index (Phi) is 39.1. The summed E-state index contributed by atoms with van der Waals surface area (Å²) >= 11 is 0. The number of nitrogens with one attached hydrogen (secondary N) is 1. The lowest BCUT2D eigenvalue weighted by molar-refractivity contribution is 0.378. The zero-order chi connectivity index (χ0) is 29.2. The largest absolute Gasteiger partial charge is 0.370 e. The molecule has 0 saturated carbocycles. The van der Waals surface area contributed by atoms with Gasteiger partial charge in [-0.25, -0.2) is 0 Å². The minimum atomic E-state index is 0. The van der Waals surface area contributed by atoms with Crippen molar-refractivity contribution in [2.75, 3.05) is 13.1 Å². The summed E-state index contributed by atoms with van der Waals surface area (Å²) in [7, 11) is 0. The van der Waals surface area contributed by atoms with Gasteiger partial charge in [0.15, 0.2) is 5.96 Å². The molecule has 0 saturated heterocycles. The van der Waals surface area contributed by atoms with E-state index in [1.807, 2.05) is 0 Å². The first kappa shape index (κ1) is 42.7. The van der Waals surface area contributed by atoms with E-state index in [1.165, 1.54) is 205 Å². The van der Waals surface area contributed by atoms with Gasteiger partial charge in [-0.15, -0.1) is 12.4 Å². The van der Waals surface area contributed by atoms with E-state index in [1.54, 1.807) is 0 Å². The molecule has 0 aliphatic carbocycles. The number of hydrogen-bond donors (Lipinski definition) is 2. The van der Waals surface area contributed by atoms with Crippen molar-refractivity contribution in [3.8, 4) is 0 Å². The molecule has 0 unspecified atom stereocenters. The summed E-state index contributed by atoms with van der Waals surface area (Å²) in [6.07, 6.45) is 44.9. The van der Waals surface area contributed by atoms with Gasteiger partial charge in [0.2, 0.25) is 0 Å². The van der Waals surface area contributed by atoms with E-state index in [2.05, 4.69) is 18.7 Å². The fourth-order valence-electron chi connectivity index (χ4n) is 6.05. The fraction of sp³-hybridized carbons (Fsp3) is 0.973. The molecule has 0 fully saturated rings. The molecule has 0 aromatic rings. The second-order valence-electron chi connectivity index (χ2n) is 13.0. The minimum Gasteiger partial charge on any atom is -0.370 e. The van der Waals surface area contributed by atoms with Crippen molar-refractivity contribution in [3.05, 3.63) is 0 Å². The summed E-state index contributed by atoms with van der Waals surface area (Å²) in [6.45, 7) is 6.55. The predicted molar refractivity (Wildman–Crippen MR) is 190 cm³/mol. The Bertz CT molecular complexity index is 449. The topological polar surface area (TPSA) is 53.1 Å². The van der Waals surface area contributed by atoms with Crippen LogP contribution in [0.15, 0.2) is 0 Å². The summed E-state index contributed by atoms with van der Waals surface area (Å²) in [5.74, 6) is 0.280. The van der Waals surface area contributed by atoms with Gasteiger partial charge >= 0.3 is 0 Å². The van der Waals surface area contributed by atoms with Crippen molar-refractivity contribution in [1.29, 1.82) is 5.41 Å². The number of halogens is 1. The van der Waals surface area contributed by atoms with Gasteiger partial charge in [-0.1, -0.05) is 206 Å². The molecular weight excluding hydrogens is 522 g/mol. The van der Waals surface area contributed by atoms with Crippen molar-refractivity contribution in [2.24, 2.45) is 5.73 Å². The number of unbranched alkanes of at least 4 members (excludes halogenated alkanes) is 30. The SMILES string of the molecule is CCCCCCCCCCCCCCCCCCN(CCCCCCCCCCCCCCCCCC)C(=N)N.Cl. The van der Waals surface area contributed by atoms with Crippen LogP contribution in [0.1, 0.15) is 219 Å². The normalized spacial score (nSPS) is 11.1. The van der Waals surface area contributed by atoms with Gasteiger partial charge in [0.25, 0.3) is 0 Å². The van der Waals surface area contributed by atoms with E-state index in [9.17, 15) is 0 Å². The summed E-state index contributed by atoms with van der Waals surface area (Å²) in [5.41, 5.74) is 5.88. The lowest BCUT2D eigenvalue weighted by Gasteiger charge is -2.22. The van der Waals surface area contributed by atoms with Crippen molar-refractivity contribution in [1.82, 2.24) is 4.90 Å². The molecule has 3 nitrogen and oxygen atoms in total. The second kappa shape index (κ2) is 37.6. The maximum atomic E-state index is 7.94. The Morgan fingerprint density at radius 2 is 0.537 bits per heavy atom. The maximum absolute atomic E-state index is 7.94. The van der Waals surface area contributed by atoms with E-state index >= 15 is 0 Å². The lowest BCUT2D eigenvalue weighted by Crippen LogP contribution is -2.37. The molecule has 248 valence electrons. The van der Waals surface area contributed by atoms with Crippen LogP contribution in [0.2, 0.25) is 0 Å². The minimum absolute atomic E-state index is 0. The fourth-order valence-corrected chi connectivity index (χ4v) is 6.05. The van der Waals surface area contributed by atoms with Crippen molar-refractivity contribution in [3.63, 3.8) is 0 Å². The Hall–Kier alpha value is -0.440. The van der Waals surface area contributed by atoms with Crippen LogP contribution >= 0.6 is 12.4 Å². The van der Waals surface area contributed by atoms with Crippen LogP contribution in [-0.4, -0.2) is 23.9 Å². The lowest BCUT2D eigenvalue weighted by atomic mass is 10.0. The molecule has 0 aromatic carbocycles. The highest BCUT2D eigenvalue weighted by Gasteiger charge is 2.06. The standard InChI is InChI=1S/C37H77N3.ClH/c1-3-5-7-9-11-13-15-17-19-21-23-25-27-29-31-33-35-40(37(38)39)36-34-32-30-28-26-24-22-20-18-16-14-12-10-8-6-4-2;/h3-36H2,1-2H3,(H3,38,39);1H. The van der Waals surface area contributed by atoms with Crippen molar-refractivity contribution >= 4 is 18.4 Å². The van der Waals surface area contributed by atoms with Crippen molar-refractivity contribution in [2.45, 2.75) is 219 Å². The Morgan fingerprint density at radius 3 is 0.707 bits per heavy atom. The van der Waals surface area contributed by atoms with Gasteiger partial charge < -0.3 is 10.6 Å². The summed E-state index contributed by atoms with van der Waals surface area (Å²) in [5, 5.41) is 7.94. The van der Waals surface area contributed by atoms with Gasteiger partial charge in [0, 0.05) is 13.1 Å². The van der Waals surface area contributed by atoms with Crippen LogP contribution in [0.5, 0.6) is 0 Å². The van der Waals surface area contributed by atoms with Crippen LogP contribution in [-0.2, 0) is 0 Å². The zero-order valence-corrected chi connectivity index (χ0v) is 29.3. The van der Waals surface area contributed by atoms with E-state index < -0.39 is 0 Å². The molecular formula is C37H78ClN3. The maximum Gasteiger partial charge on any atom is 0.188 e. The average Bonchev–Trinajstić information content (AvgIpc) is 2.95. The number of hydrogen-bond acceptors (Lipinski definition) is 1. The van der Waals surface area contributed by atoms with E-state index in [-0.39, 0.29) is 18.4 Å². The first-order valence-corrected chi connectivity index (χ1v) is 18.8. The Morgan fingerprint density at radius 1 is 0.366 bits per heavy atom. The number of guanidine groups is 1. The van der Waals surface area contributed by atoms with Crippen LogP contribution in [0.25, 0.3) is 0 Å². The summed E-state index contributed by atoms with van der Waals surface area (Å²) in [6, 6.07) is 0. The molecule has 4 heteroatoms. The summed E-state index contributed by atoms with van der Waals surface area (Å²) < 4.78 is 0. The first-order valence-electron chi connectivity index (χ1n) is 18.8. The molecule has 0 bridgehead atoms. The van der Waals surface area contributed by atoms with Crippen LogP contribution in [0.4, 0.5) is 0 Å². The molecule has 0 aliphatic rings. The summed E-state index contributed by atoms with van der Waals surface area (Å²) in [4.78, 5) is 2.12. The second-order valence-corrected chi connectivity index (χ2v) is 13.0. The van der Waals surface area contributed by atoms with Gasteiger partial charge in [0.05, 0.1) is 0 Å². The van der Waals surface area contributed by atoms with Crippen LogP contribution < -0.4 is 5.73 Å². The van der Waals surface area contributed by atoms with Crippen LogP contribution in [0, 0.1) is 5.41 Å². The van der Waals surface area contributed by atoms with E-state index in [0.717, 1.165) is 13.1 Å². The monoisotopic (exact) mass is 600 g/mol. The molecule has 0 amide bonds. The highest BCUT2D eigenvalue weighted by molar-refractivity contribution is 5.85. The molecule has 0 spiro atoms. The molecule has 3 N–H and O–H groups in total. The molecule has 41 heavy (non-hydrogen) atoms. The van der Waals surface area contributed by atoms with Gasteiger partial charge in [0.1, 0.15) is 0 Å². The average molecular weight is 601 g/mol. The van der Waals surface area contributed by atoms with Gasteiger partial charge in [-0.05, 0) is 12.8 Å². The highest BCUT2D eigenvalue weighted by atomic mass is 35.5. The van der Waals surface area contributed by atoms with Crippen LogP contribution in [0.3, 0.4) is 0 Å². The Labute approximate surface area is 266 Å². The molecule has 0 aromatic heterocycles. The predicted octanol–water partition coefficient (Wildman–Crippen LogP) is 13.1.